The molecule has 0 heterocycles. The average Bonchev–Trinajstić information content (AvgIpc) is 2.31. The molecule has 0 fully saturated rings. The Morgan fingerprint density at radius 3 is 2.41 bits per heavy atom. The van der Waals surface area contributed by atoms with Gasteiger partial charge in [0, 0.05) is 28.8 Å². The second kappa shape index (κ2) is 6.41. The molecular weight excluding hydrogens is 276 g/mol. The number of nitrogens with two attached hydrogens (primary N) is 1. The van der Waals surface area contributed by atoms with Gasteiger partial charge in [-0.3, -0.25) is 0 Å². The first-order valence-electron chi connectivity index (χ1n) is 6.32. The Bertz CT molecular complexity index is 363. The predicted molar refractivity (Wildman–Crippen MR) is 79.5 cm³/mol. The van der Waals surface area contributed by atoms with Gasteiger partial charge in [-0.2, -0.15) is 0 Å². The van der Waals surface area contributed by atoms with Crippen molar-refractivity contribution in [1.29, 1.82) is 0 Å². The van der Waals surface area contributed by atoms with Gasteiger partial charge in [0.2, 0.25) is 0 Å². The molecule has 0 saturated carbocycles. The topological polar surface area (TPSA) is 29.3 Å². The summed E-state index contributed by atoms with van der Waals surface area (Å²) in [7, 11) is 0. The van der Waals surface area contributed by atoms with Gasteiger partial charge in [-0.25, -0.2) is 0 Å². The van der Waals surface area contributed by atoms with Crippen LogP contribution in [0, 0.1) is 0 Å². The Morgan fingerprint density at radius 2 is 1.94 bits per heavy atom. The fraction of sp³-hybridized carbons (Fsp3) is 0.571. The van der Waals surface area contributed by atoms with Gasteiger partial charge in [-0.1, -0.05) is 22.9 Å². The first-order chi connectivity index (χ1) is 8.01. The SMILES string of the molecule is CCC(C)N(CC)c1ccc(Br)cc1C(C)N. The highest BCUT2D eigenvalue weighted by atomic mass is 79.9. The number of hydrogen-bond donors (Lipinski definition) is 1. The fourth-order valence-electron chi connectivity index (χ4n) is 2.09. The predicted octanol–water partition coefficient (Wildman–Crippen LogP) is 4.09. The normalized spacial score (nSPS) is 14.5. The number of halogens is 1. The molecule has 3 heteroatoms. The molecular formula is C14H23BrN2. The lowest BCUT2D eigenvalue weighted by Gasteiger charge is -2.32. The molecule has 2 N–H and O–H groups in total. The van der Waals surface area contributed by atoms with Crippen LogP contribution in [0.4, 0.5) is 5.69 Å². The van der Waals surface area contributed by atoms with Gasteiger partial charge in [0.1, 0.15) is 0 Å². The van der Waals surface area contributed by atoms with E-state index in [4.69, 9.17) is 5.73 Å². The molecule has 0 radical (unpaired) electrons. The summed E-state index contributed by atoms with van der Waals surface area (Å²) in [4.78, 5) is 2.42. The second-order valence-corrected chi connectivity index (χ2v) is 5.45. The van der Waals surface area contributed by atoms with E-state index in [9.17, 15) is 0 Å². The molecule has 0 amide bonds. The van der Waals surface area contributed by atoms with Gasteiger partial charge in [0.25, 0.3) is 0 Å². The van der Waals surface area contributed by atoms with E-state index in [0.717, 1.165) is 17.4 Å². The number of rotatable bonds is 5. The summed E-state index contributed by atoms with van der Waals surface area (Å²) in [5.74, 6) is 0. The van der Waals surface area contributed by atoms with Crippen molar-refractivity contribution in [3.8, 4) is 0 Å². The maximum Gasteiger partial charge on any atom is 0.0417 e. The highest BCUT2D eigenvalue weighted by Gasteiger charge is 2.16. The quantitative estimate of drug-likeness (QED) is 0.887. The van der Waals surface area contributed by atoms with Crippen molar-refractivity contribution in [3.63, 3.8) is 0 Å². The third kappa shape index (κ3) is 3.46. The van der Waals surface area contributed by atoms with Crippen molar-refractivity contribution < 1.29 is 0 Å². The molecule has 1 rings (SSSR count). The fourth-order valence-corrected chi connectivity index (χ4v) is 2.47. The monoisotopic (exact) mass is 298 g/mol. The van der Waals surface area contributed by atoms with E-state index in [0.29, 0.717) is 6.04 Å². The molecule has 0 spiro atoms. The van der Waals surface area contributed by atoms with Crippen LogP contribution in [-0.4, -0.2) is 12.6 Å². The first-order valence-corrected chi connectivity index (χ1v) is 7.12. The van der Waals surface area contributed by atoms with E-state index in [1.54, 1.807) is 0 Å². The lowest BCUT2D eigenvalue weighted by atomic mass is 10.0. The Morgan fingerprint density at radius 1 is 1.29 bits per heavy atom. The van der Waals surface area contributed by atoms with E-state index in [1.165, 1.54) is 11.3 Å². The number of hydrogen-bond acceptors (Lipinski definition) is 2. The highest BCUT2D eigenvalue weighted by Crippen LogP contribution is 2.30. The van der Waals surface area contributed by atoms with Gasteiger partial charge < -0.3 is 10.6 Å². The highest BCUT2D eigenvalue weighted by molar-refractivity contribution is 9.10. The van der Waals surface area contributed by atoms with E-state index in [1.807, 2.05) is 6.92 Å². The average molecular weight is 299 g/mol. The van der Waals surface area contributed by atoms with E-state index >= 15 is 0 Å². The first kappa shape index (κ1) is 14.5. The molecule has 1 aromatic carbocycles. The van der Waals surface area contributed by atoms with Gasteiger partial charge in [0.15, 0.2) is 0 Å². The number of nitrogens with zero attached hydrogens (tertiary/aromatic N) is 1. The van der Waals surface area contributed by atoms with Crippen LogP contribution in [0.25, 0.3) is 0 Å². The van der Waals surface area contributed by atoms with E-state index < -0.39 is 0 Å². The van der Waals surface area contributed by atoms with Crippen LogP contribution in [-0.2, 0) is 0 Å². The largest absolute Gasteiger partial charge is 0.369 e. The Labute approximate surface area is 113 Å². The maximum atomic E-state index is 6.07. The van der Waals surface area contributed by atoms with Gasteiger partial charge in [-0.15, -0.1) is 0 Å². The summed E-state index contributed by atoms with van der Waals surface area (Å²) < 4.78 is 1.09. The standard InChI is InChI=1S/C14H23BrN2/c1-5-10(3)17(6-2)14-8-7-12(15)9-13(14)11(4)16/h7-11H,5-6,16H2,1-4H3. The minimum absolute atomic E-state index is 0.0561. The van der Waals surface area contributed by atoms with Crippen LogP contribution in [0.5, 0.6) is 0 Å². The van der Waals surface area contributed by atoms with Gasteiger partial charge in [-0.05, 0) is 51.0 Å². The Hall–Kier alpha value is -0.540. The van der Waals surface area contributed by atoms with Crippen molar-refractivity contribution >= 4 is 21.6 Å². The van der Waals surface area contributed by atoms with Crippen LogP contribution in [0.2, 0.25) is 0 Å². The zero-order chi connectivity index (χ0) is 13.0. The van der Waals surface area contributed by atoms with Crippen LogP contribution >= 0.6 is 15.9 Å². The van der Waals surface area contributed by atoms with Crippen molar-refractivity contribution in [2.24, 2.45) is 5.73 Å². The van der Waals surface area contributed by atoms with Crippen LogP contribution in [0.15, 0.2) is 22.7 Å². The lowest BCUT2D eigenvalue weighted by molar-refractivity contribution is 0.624. The molecule has 1 aromatic rings. The summed E-state index contributed by atoms with van der Waals surface area (Å²) in [5.41, 5.74) is 8.54. The summed E-state index contributed by atoms with van der Waals surface area (Å²) in [5, 5.41) is 0. The van der Waals surface area contributed by atoms with Gasteiger partial charge >= 0.3 is 0 Å². The zero-order valence-corrected chi connectivity index (χ0v) is 12.8. The smallest absolute Gasteiger partial charge is 0.0417 e. The third-order valence-electron chi connectivity index (χ3n) is 3.25. The number of benzene rings is 1. The molecule has 2 atom stereocenters. The molecule has 2 nitrogen and oxygen atoms in total. The number of anilines is 1. The van der Waals surface area contributed by atoms with Crippen molar-refractivity contribution in [1.82, 2.24) is 0 Å². The molecule has 17 heavy (non-hydrogen) atoms. The molecule has 96 valence electrons. The van der Waals surface area contributed by atoms with Crippen molar-refractivity contribution in [3.05, 3.63) is 28.2 Å². The molecule has 2 unspecified atom stereocenters. The minimum atomic E-state index is 0.0561. The molecule has 0 aliphatic rings. The zero-order valence-electron chi connectivity index (χ0n) is 11.2. The maximum absolute atomic E-state index is 6.07. The summed E-state index contributed by atoms with van der Waals surface area (Å²) in [6.07, 6.45) is 1.14. The molecule has 0 bridgehead atoms. The molecule has 0 aromatic heterocycles. The third-order valence-corrected chi connectivity index (χ3v) is 3.75. The van der Waals surface area contributed by atoms with E-state index in [-0.39, 0.29) is 6.04 Å². The van der Waals surface area contributed by atoms with Crippen molar-refractivity contribution in [2.75, 3.05) is 11.4 Å². The Balaban J connectivity index is 3.18. The van der Waals surface area contributed by atoms with Crippen LogP contribution in [0.3, 0.4) is 0 Å². The molecule has 0 saturated heterocycles. The van der Waals surface area contributed by atoms with Crippen molar-refractivity contribution in [2.45, 2.75) is 46.2 Å². The molecule has 0 aliphatic heterocycles. The summed E-state index contributed by atoms with van der Waals surface area (Å²) >= 11 is 3.52. The molecule has 0 aliphatic carbocycles. The lowest BCUT2D eigenvalue weighted by Crippen LogP contribution is -2.33. The Kier molecular flexibility index (Phi) is 5.47. The summed E-state index contributed by atoms with van der Waals surface area (Å²) in [6.45, 7) is 9.72. The van der Waals surface area contributed by atoms with Gasteiger partial charge in [0.05, 0.1) is 0 Å². The van der Waals surface area contributed by atoms with Crippen LogP contribution < -0.4 is 10.6 Å². The van der Waals surface area contributed by atoms with E-state index in [2.05, 4.69) is 59.8 Å². The minimum Gasteiger partial charge on any atom is -0.369 e. The summed E-state index contributed by atoms with van der Waals surface area (Å²) in [6, 6.07) is 6.98. The van der Waals surface area contributed by atoms with Crippen LogP contribution in [0.1, 0.15) is 45.7 Å². The second-order valence-electron chi connectivity index (χ2n) is 4.54.